The van der Waals surface area contributed by atoms with Crippen molar-refractivity contribution in [2.75, 3.05) is 50.0 Å². The van der Waals surface area contributed by atoms with Crippen LogP contribution in [0.5, 0.6) is 0 Å². The summed E-state index contributed by atoms with van der Waals surface area (Å²) >= 11 is 0. The Morgan fingerprint density at radius 2 is 1.89 bits per heavy atom. The van der Waals surface area contributed by atoms with E-state index < -0.39 is 5.60 Å². The number of fused-ring (bicyclic) bond motifs is 1. The highest BCUT2D eigenvalue weighted by molar-refractivity contribution is 5.94. The molecule has 13 nitrogen and oxygen atoms in total. The number of nitrogens with one attached hydrogen (secondary N) is 2. The van der Waals surface area contributed by atoms with E-state index in [1.807, 2.05) is 62.6 Å². The van der Waals surface area contributed by atoms with Crippen molar-refractivity contribution < 1.29 is 19.1 Å². The predicted molar refractivity (Wildman–Crippen MR) is 179 cm³/mol. The maximum atomic E-state index is 13.1. The number of nitrogens with zero attached hydrogens (tertiary/aromatic N) is 7. The van der Waals surface area contributed by atoms with Gasteiger partial charge in [-0.2, -0.15) is 0 Å². The fraction of sp³-hybridized carbons (Fsp3) is 0.471. The zero-order chi connectivity index (χ0) is 33.0. The van der Waals surface area contributed by atoms with E-state index in [0.717, 1.165) is 61.3 Å². The molecule has 2 N–H and O–H groups in total. The summed E-state index contributed by atoms with van der Waals surface area (Å²) in [5, 5.41) is 6.51. The van der Waals surface area contributed by atoms with Crippen LogP contribution in [0.25, 0.3) is 22.4 Å². The van der Waals surface area contributed by atoms with E-state index in [4.69, 9.17) is 9.47 Å². The van der Waals surface area contributed by atoms with Crippen molar-refractivity contribution in [3.63, 3.8) is 0 Å². The average Bonchev–Trinajstić information content (AvgIpc) is 3.35. The molecule has 2 aliphatic heterocycles. The molecule has 2 aliphatic rings. The predicted octanol–water partition coefficient (Wildman–Crippen LogP) is 5.52. The Morgan fingerprint density at radius 1 is 1.02 bits per heavy atom. The Morgan fingerprint density at radius 3 is 2.70 bits per heavy atom. The molecule has 0 spiro atoms. The monoisotopic (exact) mass is 641 g/mol. The number of ether oxygens (including phenoxy) is 2. The van der Waals surface area contributed by atoms with Crippen molar-refractivity contribution in [3.05, 3.63) is 54.7 Å². The first-order chi connectivity index (χ1) is 22.6. The second-order valence-electron chi connectivity index (χ2n) is 13.1. The third kappa shape index (κ3) is 7.86. The quantitative estimate of drug-likeness (QED) is 0.265. The normalized spacial score (nSPS) is 17.7. The van der Waals surface area contributed by atoms with Gasteiger partial charge in [-0.3, -0.25) is 14.3 Å². The minimum atomic E-state index is -0.542. The summed E-state index contributed by atoms with van der Waals surface area (Å²) in [5.41, 5.74) is 4.77. The molecular weight excluding hydrogens is 598 g/mol. The van der Waals surface area contributed by atoms with Crippen LogP contribution in [0.2, 0.25) is 0 Å². The minimum absolute atomic E-state index is 0.0881. The van der Waals surface area contributed by atoms with Crippen LogP contribution in [0.15, 0.2) is 49.2 Å². The highest BCUT2D eigenvalue weighted by Gasteiger charge is 2.26. The van der Waals surface area contributed by atoms with Gasteiger partial charge < -0.3 is 25.0 Å². The molecule has 1 atom stereocenters. The standard InChI is InChI=1S/C34H43N9O4/c1-23-11-12-24(39-27(44)20-41-14-8-15-42(17-16-41)33(45)47-34(2,3)4)19-26(23)40-31-25(9-7-13-35-31)29-30-32(37-21-36-29)43(22-38-30)28-10-5-6-18-46-28/h7,9,11-13,19,21-22,28H,5-6,8,10,14-18,20H2,1-4H3,(H,35,40)(H,39,44). The molecule has 47 heavy (non-hydrogen) atoms. The van der Waals surface area contributed by atoms with Crippen LogP contribution in [0.3, 0.4) is 0 Å². The number of hydrogen-bond acceptors (Lipinski definition) is 10. The summed E-state index contributed by atoms with van der Waals surface area (Å²) in [6.07, 6.45) is 8.51. The molecular formula is C34H43N9O4. The summed E-state index contributed by atoms with van der Waals surface area (Å²) in [6, 6.07) is 9.58. The summed E-state index contributed by atoms with van der Waals surface area (Å²) in [6.45, 7) is 11.0. The summed E-state index contributed by atoms with van der Waals surface area (Å²) in [4.78, 5) is 47.9. The Bertz CT molecular complexity index is 1730. The highest BCUT2D eigenvalue weighted by Crippen LogP contribution is 2.34. The fourth-order valence-electron chi connectivity index (χ4n) is 5.90. The van der Waals surface area contributed by atoms with Crippen molar-refractivity contribution >= 4 is 40.4 Å². The van der Waals surface area contributed by atoms with Crippen LogP contribution in [-0.4, -0.2) is 91.2 Å². The van der Waals surface area contributed by atoms with Gasteiger partial charge in [0, 0.05) is 55.9 Å². The SMILES string of the molecule is Cc1ccc(NC(=O)CN2CCCN(C(=O)OC(C)(C)C)CC2)cc1Nc1ncccc1-c1ncnc2c1ncn2C1CCCCO1. The fourth-order valence-corrected chi connectivity index (χ4v) is 5.90. The van der Waals surface area contributed by atoms with Crippen molar-refractivity contribution in [3.8, 4) is 11.3 Å². The molecule has 2 saturated heterocycles. The molecule has 3 aromatic heterocycles. The number of imidazole rings is 1. The van der Waals surface area contributed by atoms with Crippen LogP contribution in [0, 0.1) is 6.92 Å². The van der Waals surface area contributed by atoms with Gasteiger partial charge in [0.15, 0.2) is 5.65 Å². The molecule has 4 aromatic rings. The van der Waals surface area contributed by atoms with Gasteiger partial charge >= 0.3 is 6.09 Å². The molecule has 0 bridgehead atoms. The average molecular weight is 642 g/mol. The number of aromatic nitrogens is 5. The van der Waals surface area contributed by atoms with E-state index in [0.29, 0.717) is 42.4 Å². The van der Waals surface area contributed by atoms with Crippen molar-refractivity contribution in [1.82, 2.24) is 34.3 Å². The number of carbonyl (C=O) groups is 2. The Labute approximate surface area is 274 Å². The number of rotatable bonds is 7. The molecule has 2 amide bonds. The number of amides is 2. The molecule has 1 aromatic carbocycles. The molecule has 6 rings (SSSR count). The lowest BCUT2D eigenvalue weighted by molar-refractivity contribution is -0.117. The third-order valence-corrected chi connectivity index (χ3v) is 8.27. The van der Waals surface area contributed by atoms with Crippen molar-refractivity contribution in [1.29, 1.82) is 0 Å². The minimum Gasteiger partial charge on any atom is -0.444 e. The molecule has 0 aliphatic carbocycles. The Balaban J connectivity index is 1.14. The van der Waals surface area contributed by atoms with Gasteiger partial charge in [0.1, 0.15) is 35.2 Å². The van der Waals surface area contributed by atoms with Gasteiger partial charge in [-0.1, -0.05) is 6.07 Å². The first kappa shape index (κ1) is 32.3. The van der Waals surface area contributed by atoms with Crippen LogP contribution < -0.4 is 10.6 Å². The zero-order valence-electron chi connectivity index (χ0n) is 27.5. The lowest BCUT2D eigenvalue weighted by Crippen LogP contribution is -2.40. The molecule has 1 unspecified atom stereocenters. The lowest BCUT2D eigenvalue weighted by atomic mass is 10.1. The number of aryl methyl sites for hydroxylation is 1. The van der Waals surface area contributed by atoms with Gasteiger partial charge in [0.2, 0.25) is 5.91 Å². The van der Waals surface area contributed by atoms with E-state index in [-0.39, 0.29) is 24.8 Å². The molecule has 0 radical (unpaired) electrons. The van der Waals surface area contributed by atoms with Crippen molar-refractivity contribution in [2.24, 2.45) is 0 Å². The number of pyridine rings is 1. The van der Waals surface area contributed by atoms with Crippen molar-refractivity contribution in [2.45, 2.75) is 65.2 Å². The smallest absolute Gasteiger partial charge is 0.410 e. The Hall–Kier alpha value is -4.62. The number of benzene rings is 1. The number of anilines is 3. The molecule has 13 heteroatoms. The molecule has 0 saturated carbocycles. The van der Waals surface area contributed by atoms with E-state index >= 15 is 0 Å². The summed E-state index contributed by atoms with van der Waals surface area (Å²) < 4.78 is 13.5. The van der Waals surface area contributed by atoms with E-state index in [1.54, 1.807) is 23.8 Å². The second-order valence-corrected chi connectivity index (χ2v) is 13.1. The number of hydrogen-bond donors (Lipinski definition) is 2. The van der Waals surface area contributed by atoms with Crippen LogP contribution >= 0.6 is 0 Å². The van der Waals surface area contributed by atoms with Gasteiger partial charge in [0.05, 0.1) is 12.9 Å². The summed E-state index contributed by atoms with van der Waals surface area (Å²) in [5.74, 6) is 0.492. The Kier molecular flexibility index (Phi) is 9.64. The highest BCUT2D eigenvalue weighted by atomic mass is 16.6. The maximum absolute atomic E-state index is 13.1. The van der Waals surface area contributed by atoms with E-state index in [2.05, 4.69) is 35.5 Å². The second kappa shape index (κ2) is 14.0. The van der Waals surface area contributed by atoms with E-state index in [1.165, 1.54) is 0 Å². The zero-order valence-corrected chi connectivity index (χ0v) is 27.5. The summed E-state index contributed by atoms with van der Waals surface area (Å²) in [7, 11) is 0. The lowest BCUT2D eigenvalue weighted by Gasteiger charge is -2.26. The van der Waals surface area contributed by atoms with Gasteiger partial charge in [-0.25, -0.2) is 24.7 Å². The molecule has 248 valence electrons. The largest absolute Gasteiger partial charge is 0.444 e. The first-order valence-electron chi connectivity index (χ1n) is 16.3. The maximum Gasteiger partial charge on any atom is 0.410 e. The number of carbonyl (C=O) groups excluding carboxylic acids is 2. The van der Waals surface area contributed by atoms with Gasteiger partial charge in [0.25, 0.3) is 0 Å². The van der Waals surface area contributed by atoms with Gasteiger partial charge in [-0.15, -0.1) is 0 Å². The topological polar surface area (TPSA) is 140 Å². The van der Waals surface area contributed by atoms with Crippen LogP contribution in [-0.2, 0) is 14.3 Å². The molecule has 2 fully saturated rings. The third-order valence-electron chi connectivity index (χ3n) is 8.27. The van der Waals surface area contributed by atoms with E-state index in [9.17, 15) is 9.59 Å². The van der Waals surface area contributed by atoms with Crippen LogP contribution in [0.1, 0.15) is 58.2 Å². The first-order valence-corrected chi connectivity index (χ1v) is 16.3. The van der Waals surface area contributed by atoms with Crippen LogP contribution in [0.4, 0.5) is 22.0 Å². The molecule has 5 heterocycles. The van der Waals surface area contributed by atoms with Gasteiger partial charge in [-0.05, 0) is 83.2 Å².